The summed E-state index contributed by atoms with van der Waals surface area (Å²) in [5.74, 6) is 1.28. The molecule has 1 aliphatic carbocycles. The summed E-state index contributed by atoms with van der Waals surface area (Å²) in [6.07, 6.45) is 7.46. The van der Waals surface area contributed by atoms with Crippen molar-refractivity contribution in [2.45, 2.75) is 71.4 Å². The largest absolute Gasteiger partial charge is 0.489 e. The molecule has 172 valence electrons. The van der Waals surface area contributed by atoms with Gasteiger partial charge in [0.2, 0.25) is 5.91 Å². The number of amides is 2. The van der Waals surface area contributed by atoms with Gasteiger partial charge in [-0.05, 0) is 57.7 Å². The van der Waals surface area contributed by atoms with Crippen LogP contribution in [0.3, 0.4) is 0 Å². The van der Waals surface area contributed by atoms with Crippen molar-refractivity contribution in [2.75, 3.05) is 13.1 Å². The van der Waals surface area contributed by atoms with Gasteiger partial charge in [0.05, 0.1) is 17.2 Å². The summed E-state index contributed by atoms with van der Waals surface area (Å²) in [5.41, 5.74) is 2.31. The Morgan fingerprint density at radius 3 is 2.72 bits per heavy atom. The molecule has 1 aromatic carbocycles. The van der Waals surface area contributed by atoms with Gasteiger partial charge >= 0.3 is 0 Å². The molecule has 2 aromatic rings. The Morgan fingerprint density at radius 2 is 1.97 bits per heavy atom. The minimum atomic E-state index is -0.131. The van der Waals surface area contributed by atoms with Crippen molar-refractivity contribution in [2.24, 2.45) is 5.92 Å². The number of ether oxygens (including phenoxy) is 1. The highest BCUT2D eigenvalue weighted by atomic mass is 16.5. The van der Waals surface area contributed by atoms with Crippen molar-refractivity contribution < 1.29 is 18.8 Å². The first-order valence-electron chi connectivity index (χ1n) is 11.8. The summed E-state index contributed by atoms with van der Waals surface area (Å²) in [5, 5.41) is 7.17. The van der Waals surface area contributed by atoms with Gasteiger partial charge in [0, 0.05) is 24.7 Å². The number of benzene rings is 1. The van der Waals surface area contributed by atoms with Crippen molar-refractivity contribution in [3.63, 3.8) is 0 Å². The second-order valence-corrected chi connectivity index (χ2v) is 9.05. The maximum atomic E-state index is 13.2. The molecule has 1 atom stereocenters. The smallest absolute Gasteiger partial charge is 0.254 e. The van der Waals surface area contributed by atoms with E-state index in [2.05, 4.69) is 10.5 Å². The monoisotopic (exact) mass is 439 g/mol. The molecule has 2 fully saturated rings. The molecule has 0 spiro atoms. The second kappa shape index (κ2) is 10.2. The molecule has 0 radical (unpaired) electrons. The van der Waals surface area contributed by atoms with E-state index in [9.17, 15) is 9.59 Å². The number of nitrogens with one attached hydrogen (secondary N) is 1. The molecular weight excluding hydrogens is 406 g/mol. The third-order valence-corrected chi connectivity index (χ3v) is 6.68. The van der Waals surface area contributed by atoms with Crippen molar-refractivity contribution in [1.29, 1.82) is 0 Å². The Kier molecular flexibility index (Phi) is 7.12. The van der Waals surface area contributed by atoms with Crippen LogP contribution in [-0.2, 0) is 11.4 Å². The number of hydrogen-bond acceptors (Lipinski definition) is 5. The van der Waals surface area contributed by atoms with Crippen LogP contribution in [0.2, 0.25) is 0 Å². The molecule has 1 aliphatic heterocycles. The Balaban J connectivity index is 1.35. The summed E-state index contributed by atoms with van der Waals surface area (Å²) in [7, 11) is 0. The average Bonchev–Trinajstić information content (AvgIpc) is 3.15. The Bertz CT molecular complexity index is 929. The van der Waals surface area contributed by atoms with Gasteiger partial charge in [-0.1, -0.05) is 30.5 Å². The van der Waals surface area contributed by atoms with Crippen LogP contribution in [0.5, 0.6) is 5.75 Å². The molecule has 4 rings (SSSR count). The molecule has 1 N–H and O–H groups in total. The minimum Gasteiger partial charge on any atom is -0.489 e. The van der Waals surface area contributed by atoms with Crippen LogP contribution in [0.25, 0.3) is 0 Å². The molecule has 2 amide bonds. The highest BCUT2D eigenvalue weighted by molar-refractivity contribution is 5.95. The lowest BCUT2D eigenvalue weighted by Gasteiger charge is -2.33. The molecule has 1 aromatic heterocycles. The maximum Gasteiger partial charge on any atom is 0.254 e. The normalized spacial score (nSPS) is 19.6. The molecular formula is C25H33N3O4. The van der Waals surface area contributed by atoms with Crippen molar-refractivity contribution in [1.82, 2.24) is 15.4 Å². The molecule has 2 aliphatic rings. The van der Waals surface area contributed by atoms with Crippen LogP contribution >= 0.6 is 0 Å². The molecule has 1 unspecified atom stereocenters. The van der Waals surface area contributed by atoms with E-state index in [1.54, 1.807) is 12.1 Å². The SMILES string of the molecule is Cc1noc(C)c1COc1cccc(C(=O)N2CCCC(C(=O)NC3CCCCC3)C2)c1. The maximum absolute atomic E-state index is 13.2. The van der Waals surface area contributed by atoms with Gasteiger partial charge in [-0.3, -0.25) is 9.59 Å². The number of nitrogens with zero attached hydrogens (tertiary/aromatic N) is 2. The van der Waals surface area contributed by atoms with Gasteiger partial charge in [0.25, 0.3) is 5.91 Å². The number of likely N-dealkylation sites (tertiary alicyclic amines) is 1. The third kappa shape index (κ3) is 5.31. The van der Waals surface area contributed by atoms with E-state index in [1.165, 1.54) is 19.3 Å². The number of hydrogen-bond donors (Lipinski definition) is 1. The number of aryl methyl sites for hydroxylation is 2. The highest BCUT2D eigenvalue weighted by Crippen LogP contribution is 2.24. The van der Waals surface area contributed by atoms with Gasteiger partial charge in [-0.15, -0.1) is 0 Å². The van der Waals surface area contributed by atoms with E-state index in [4.69, 9.17) is 9.26 Å². The van der Waals surface area contributed by atoms with Gasteiger partial charge in [-0.2, -0.15) is 0 Å². The van der Waals surface area contributed by atoms with Crippen LogP contribution in [0.15, 0.2) is 28.8 Å². The minimum absolute atomic E-state index is 0.0528. The molecule has 2 heterocycles. The summed E-state index contributed by atoms with van der Waals surface area (Å²) >= 11 is 0. The number of aromatic nitrogens is 1. The van der Waals surface area contributed by atoms with Crippen molar-refractivity contribution in [3.8, 4) is 5.75 Å². The second-order valence-electron chi connectivity index (χ2n) is 9.05. The summed E-state index contributed by atoms with van der Waals surface area (Å²) in [4.78, 5) is 27.8. The predicted molar refractivity (Wildman–Crippen MR) is 120 cm³/mol. The van der Waals surface area contributed by atoms with E-state index in [-0.39, 0.29) is 17.7 Å². The zero-order valence-corrected chi connectivity index (χ0v) is 19.1. The van der Waals surface area contributed by atoms with E-state index in [0.717, 1.165) is 42.7 Å². The van der Waals surface area contributed by atoms with Crippen molar-refractivity contribution in [3.05, 3.63) is 46.8 Å². The third-order valence-electron chi connectivity index (χ3n) is 6.68. The highest BCUT2D eigenvalue weighted by Gasteiger charge is 2.30. The first-order valence-corrected chi connectivity index (χ1v) is 11.8. The lowest BCUT2D eigenvalue weighted by Crippen LogP contribution is -2.47. The zero-order valence-electron chi connectivity index (χ0n) is 19.1. The predicted octanol–water partition coefficient (Wildman–Crippen LogP) is 4.17. The number of rotatable bonds is 6. The fourth-order valence-corrected chi connectivity index (χ4v) is 4.71. The average molecular weight is 440 g/mol. The van der Waals surface area contributed by atoms with Crippen LogP contribution in [0.4, 0.5) is 0 Å². The van der Waals surface area contributed by atoms with Crippen LogP contribution < -0.4 is 10.1 Å². The molecule has 7 nitrogen and oxygen atoms in total. The molecule has 7 heteroatoms. The topological polar surface area (TPSA) is 84.7 Å². The van der Waals surface area contributed by atoms with Crippen LogP contribution in [0, 0.1) is 19.8 Å². The number of carbonyl (C=O) groups excluding carboxylic acids is 2. The Morgan fingerprint density at radius 1 is 1.16 bits per heavy atom. The Hall–Kier alpha value is -2.83. The number of piperidine rings is 1. The standard InChI is InChI=1S/C25H33N3O4/c1-17-23(18(2)32-27-17)16-31-22-12-6-8-19(14-22)25(30)28-13-7-9-20(15-28)24(29)26-21-10-4-3-5-11-21/h6,8,12,14,20-21H,3-5,7,9-11,13,15-16H2,1-2H3,(H,26,29). The fourth-order valence-electron chi connectivity index (χ4n) is 4.71. The van der Waals surface area contributed by atoms with Crippen LogP contribution in [0.1, 0.15) is 72.3 Å². The van der Waals surface area contributed by atoms with Gasteiger partial charge < -0.3 is 19.5 Å². The lowest BCUT2D eigenvalue weighted by molar-refractivity contribution is -0.127. The molecule has 32 heavy (non-hydrogen) atoms. The van der Waals surface area contributed by atoms with Crippen molar-refractivity contribution >= 4 is 11.8 Å². The van der Waals surface area contributed by atoms with E-state index < -0.39 is 0 Å². The summed E-state index contributed by atoms with van der Waals surface area (Å²) in [6, 6.07) is 7.54. The lowest BCUT2D eigenvalue weighted by atomic mass is 9.92. The van der Waals surface area contributed by atoms with E-state index in [1.807, 2.05) is 30.9 Å². The van der Waals surface area contributed by atoms with E-state index >= 15 is 0 Å². The fraction of sp³-hybridized carbons (Fsp3) is 0.560. The molecule has 1 saturated carbocycles. The number of carbonyl (C=O) groups is 2. The molecule has 1 saturated heterocycles. The quantitative estimate of drug-likeness (QED) is 0.730. The first-order chi connectivity index (χ1) is 15.5. The zero-order chi connectivity index (χ0) is 22.5. The van der Waals surface area contributed by atoms with Gasteiger partial charge in [-0.25, -0.2) is 0 Å². The molecule has 0 bridgehead atoms. The summed E-state index contributed by atoms with van der Waals surface area (Å²) in [6.45, 7) is 5.23. The summed E-state index contributed by atoms with van der Waals surface area (Å²) < 4.78 is 11.1. The van der Waals surface area contributed by atoms with Crippen LogP contribution in [-0.4, -0.2) is 41.0 Å². The Labute approximate surface area is 189 Å². The first kappa shape index (κ1) is 22.4. The van der Waals surface area contributed by atoms with E-state index in [0.29, 0.717) is 37.1 Å². The van der Waals surface area contributed by atoms with Gasteiger partial charge in [0.1, 0.15) is 18.1 Å². The van der Waals surface area contributed by atoms with Gasteiger partial charge in [0.15, 0.2) is 0 Å².